The molecule has 0 saturated carbocycles. The van der Waals surface area contributed by atoms with E-state index in [0.29, 0.717) is 12.0 Å². The molecule has 1 aliphatic rings. The van der Waals surface area contributed by atoms with E-state index in [0.717, 1.165) is 37.1 Å². The molecule has 1 aromatic rings. The van der Waals surface area contributed by atoms with Gasteiger partial charge in [-0.3, -0.25) is 4.98 Å². The minimum Gasteiger partial charge on any atom is -0.352 e. The lowest BCUT2D eigenvalue weighted by atomic mass is 9.95. The number of hydrogen-bond acceptors (Lipinski definition) is 4. The summed E-state index contributed by atoms with van der Waals surface area (Å²) in [5.41, 5.74) is 1.04. The summed E-state index contributed by atoms with van der Waals surface area (Å²) in [5.74, 6) is 2.44. The lowest BCUT2D eigenvalue weighted by molar-refractivity contribution is 0.387. The Morgan fingerprint density at radius 2 is 2.10 bits per heavy atom. The third kappa shape index (κ3) is 4.17. The maximum absolute atomic E-state index is 4.78. The van der Waals surface area contributed by atoms with Gasteiger partial charge in [0.1, 0.15) is 5.82 Å². The Hall–Kier alpha value is -1.16. The van der Waals surface area contributed by atoms with Crippen LogP contribution in [0.4, 0.5) is 5.82 Å². The quantitative estimate of drug-likeness (QED) is 0.898. The van der Waals surface area contributed by atoms with Gasteiger partial charge in [0.05, 0.1) is 11.9 Å². The van der Waals surface area contributed by atoms with E-state index < -0.39 is 0 Å². The van der Waals surface area contributed by atoms with Crippen LogP contribution in [0.1, 0.15) is 46.2 Å². The Bertz CT molecular complexity index is 419. The maximum Gasteiger partial charge on any atom is 0.147 e. The summed E-state index contributed by atoms with van der Waals surface area (Å²) in [5, 5.41) is 3.43. The maximum atomic E-state index is 4.78. The van der Waals surface area contributed by atoms with Gasteiger partial charge in [0.2, 0.25) is 0 Å². The van der Waals surface area contributed by atoms with Crippen molar-refractivity contribution in [3.8, 4) is 0 Å². The Labute approximate surface area is 123 Å². The van der Waals surface area contributed by atoms with Crippen molar-refractivity contribution in [3.05, 3.63) is 18.1 Å². The van der Waals surface area contributed by atoms with Crippen LogP contribution < -0.4 is 10.2 Å². The zero-order chi connectivity index (χ0) is 14.5. The van der Waals surface area contributed by atoms with Crippen molar-refractivity contribution in [2.45, 2.75) is 53.1 Å². The second kappa shape index (κ2) is 7.02. The first-order valence-corrected chi connectivity index (χ1v) is 7.84. The number of hydrogen-bond donors (Lipinski definition) is 1. The number of rotatable bonds is 5. The highest BCUT2D eigenvalue weighted by Gasteiger charge is 2.24. The van der Waals surface area contributed by atoms with Gasteiger partial charge in [0.15, 0.2) is 0 Å². The van der Waals surface area contributed by atoms with Gasteiger partial charge in [-0.25, -0.2) is 4.98 Å². The van der Waals surface area contributed by atoms with Crippen molar-refractivity contribution >= 4 is 5.82 Å². The van der Waals surface area contributed by atoms with Gasteiger partial charge in [-0.1, -0.05) is 20.8 Å². The average Bonchev–Trinajstić information content (AvgIpc) is 2.41. The van der Waals surface area contributed by atoms with E-state index in [1.807, 2.05) is 12.4 Å². The Morgan fingerprint density at radius 1 is 1.30 bits per heavy atom. The number of nitrogens with zero attached hydrogens (tertiary/aromatic N) is 3. The van der Waals surface area contributed by atoms with E-state index in [1.54, 1.807) is 0 Å². The van der Waals surface area contributed by atoms with Gasteiger partial charge in [-0.2, -0.15) is 0 Å². The van der Waals surface area contributed by atoms with Gasteiger partial charge in [-0.05, 0) is 38.1 Å². The molecule has 20 heavy (non-hydrogen) atoms. The summed E-state index contributed by atoms with van der Waals surface area (Å²) in [6.07, 6.45) is 6.34. The van der Waals surface area contributed by atoms with Crippen LogP contribution in [0.2, 0.25) is 0 Å². The van der Waals surface area contributed by atoms with Crippen molar-refractivity contribution in [1.29, 1.82) is 0 Å². The fourth-order valence-electron chi connectivity index (χ4n) is 2.72. The van der Waals surface area contributed by atoms with Crippen molar-refractivity contribution in [1.82, 2.24) is 15.3 Å². The van der Waals surface area contributed by atoms with Crippen LogP contribution in [-0.2, 0) is 6.54 Å². The molecule has 1 aromatic heterocycles. The molecule has 0 amide bonds. The topological polar surface area (TPSA) is 41.1 Å². The predicted octanol–water partition coefficient (Wildman–Crippen LogP) is 2.85. The first-order valence-electron chi connectivity index (χ1n) is 7.84. The summed E-state index contributed by atoms with van der Waals surface area (Å²) in [4.78, 5) is 11.6. The smallest absolute Gasteiger partial charge is 0.147 e. The predicted molar refractivity (Wildman–Crippen MR) is 83.8 cm³/mol. The molecule has 2 atom stereocenters. The molecule has 112 valence electrons. The fraction of sp³-hybridized carbons (Fsp3) is 0.750. The van der Waals surface area contributed by atoms with Gasteiger partial charge in [-0.15, -0.1) is 0 Å². The number of piperidine rings is 1. The lowest BCUT2D eigenvalue weighted by Gasteiger charge is -2.37. The Kier molecular flexibility index (Phi) is 5.35. The summed E-state index contributed by atoms with van der Waals surface area (Å²) in [6.45, 7) is 12.0. The van der Waals surface area contributed by atoms with Crippen LogP contribution in [-0.4, -0.2) is 29.1 Å². The third-order valence-corrected chi connectivity index (χ3v) is 3.94. The zero-order valence-electron chi connectivity index (χ0n) is 13.3. The molecular weight excluding hydrogens is 248 g/mol. The molecule has 0 aromatic carbocycles. The van der Waals surface area contributed by atoms with E-state index in [4.69, 9.17) is 4.98 Å². The number of nitrogens with one attached hydrogen (secondary N) is 1. The highest BCUT2D eigenvalue weighted by molar-refractivity contribution is 5.38. The van der Waals surface area contributed by atoms with Gasteiger partial charge >= 0.3 is 0 Å². The molecule has 1 N–H and O–H groups in total. The Morgan fingerprint density at radius 3 is 2.85 bits per heavy atom. The molecule has 4 nitrogen and oxygen atoms in total. The molecule has 0 spiro atoms. The first kappa shape index (κ1) is 15.2. The summed E-state index contributed by atoms with van der Waals surface area (Å²) >= 11 is 0. The standard InChI is InChI=1S/C16H28N4/c1-12(2)7-17-8-15-9-18-10-16(19-15)20-11-13(3)5-6-14(20)4/h9-10,12-14,17H,5-8,11H2,1-4H3. The average molecular weight is 276 g/mol. The van der Waals surface area contributed by atoms with Crippen molar-refractivity contribution < 1.29 is 0 Å². The van der Waals surface area contributed by atoms with E-state index in [9.17, 15) is 0 Å². The molecule has 1 aliphatic heterocycles. The highest BCUT2D eigenvalue weighted by Crippen LogP contribution is 2.25. The van der Waals surface area contributed by atoms with Crippen LogP contribution >= 0.6 is 0 Å². The van der Waals surface area contributed by atoms with Crippen molar-refractivity contribution in [2.24, 2.45) is 11.8 Å². The molecule has 0 radical (unpaired) electrons. The molecule has 0 aliphatic carbocycles. The normalized spacial score (nSPS) is 23.4. The molecule has 2 heterocycles. The van der Waals surface area contributed by atoms with Crippen LogP contribution in [0.15, 0.2) is 12.4 Å². The SMILES string of the molecule is CC(C)CNCc1cncc(N2CC(C)CCC2C)n1. The monoisotopic (exact) mass is 276 g/mol. The zero-order valence-corrected chi connectivity index (χ0v) is 13.3. The van der Waals surface area contributed by atoms with Crippen LogP contribution in [0.3, 0.4) is 0 Å². The van der Waals surface area contributed by atoms with Crippen molar-refractivity contribution in [3.63, 3.8) is 0 Å². The molecule has 1 fully saturated rings. The molecule has 1 saturated heterocycles. The second-order valence-corrected chi connectivity index (χ2v) is 6.58. The molecule has 0 bridgehead atoms. The van der Waals surface area contributed by atoms with Crippen molar-refractivity contribution in [2.75, 3.05) is 18.0 Å². The van der Waals surface area contributed by atoms with Gasteiger partial charge in [0.25, 0.3) is 0 Å². The largest absolute Gasteiger partial charge is 0.352 e. The van der Waals surface area contributed by atoms with Gasteiger partial charge < -0.3 is 10.2 Å². The number of aromatic nitrogens is 2. The lowest BCUT2D eigenvalue weighted by Crippen LogP contribution is -2.41. The van der Waals surface area contributed by atoms with Crippen LogP contribution in [0.25, 0.3) is 0 Å². The molecule has 2 unspecified atom stereocenters. The minimum atomic E-state index is 0.569. The highest BCUT2D eigenvalue weighted by atomic mass is 15.2. The summed E-state index contributed by atoms with van der Waals surface area (Å²) in [7, 11) is 0. The number of anilines is 1. The summed E-state index contributed by atoms with van der Waals surface area (Å²) < 4.78 is 0. The van der Waals surface area contributed by atoms with E-state index in [2.05, 4.69) is 42.9 Å². The van der Waals surface area contributed by atoms with Gasteiger partial charge in [0, 0.05) is 25.3 Å². The molecule has 4 heteroatoms. The Balaban J connectivity index is 2.01. The van der Waals surface area contributed by atoms with Crippen LogP contribution in [0.5, 0.6) is 0 Å². The second-order valence-electron chi connectivity index (χ2n) is 6.58. The summed E-state index contributed by atoms with van der Waals surface area (Å²) in [6, 6.07) is 0.569. The van der Waals surface area contributed by atoms with E-state index >= 15 is 0 Å². The van der Waals surface area contributed by atoms with E-state index in [-0.39, 0.29) is 0 Å². The minimum absolute atomic E-state index is 0.569. The molecule has 2 rings (SSSR count). The third-order valence-electron chi connectivity index (χ3n) is 3.94. The molecular formula is C16H28N4. The van der Waals surface area contributed by atoms with Crippen LogP contribution in [0, 0.1) is 11.8 Å². The fourth-order valence-corrected chi connectivity index (χ4v) is 2.72. The van der Waals surface area contributed by atoms with E-state index in [1.165, 1.54) is 12.8 Å². The first-order chi connectivity index (χ1) is 9.56.